The lowest BCUT2D eigenvalue weighted by molar-refractivity contribution is -0.287. The first kappa shape index (κ1) is 18.4. The maximum atomic E-state index is 13.2. The van der Waals surface area contributed by atoms with Gasteiger partial charge in [-0.15, -0.1) is 0 Å². The number of anilines is 1. The molecule has 0 aliphatic heterocycles. The molecule has 24 heavy (non-hydrogen) atoms. The number of hydrogen-bond donors (Lipinski definition) is 2. The second-order valence-corrected chi connectivity index (χ2v) is 5.41. The van der Waals surface area contributed by atoms with Gasteiger partial charge in [-0.25, -0.2) is 4.68 Å². The summed E-state index contributed by atoms with van der Waals surface area (Å²) in [6.07, 6.45) is -5.79. The van der Waals surface area contributed by atoms with E-state index in [2.05, 4.69) is 10.1 Å². The number of nitrogen functional groups attached to an aromatic ring is 1. The second-order valence-electron chi connectivity index (χ2n) is 4.63. The van der Waals surface area contributed by atoms with Gasteiger partial charge < -0.3 is 5.73 Å². The molecule has 5 nitrogen and oxygen atoms in total. The Morgan fingerprint density at radius 2 is 1.79 bits per heavy atom. The molecule has 1 aromatic carbocycles. The van der Waals surface area contributed by atoms with Crippen molar-refractivity contribution >= 4 is 29.2 Å². The van der Waals surface area contributed by atoms with Crippen LogP contribution in [0.5, 0.6) is 0 Å². The number of nitrogens with one attached hydrogen (secondary N) is 1. The van der Waals surface area contributed by atoms with Crippen molar-refractivity contribution in [1.82, 2.24) is 14.8 Å². The largest absolute Gasteiger partial charge is 0.455 e. The van der Waals surface area contributed by atoms with E-state index in [4.69, 9.17) is 34.3 Å². The second kappa shape index (κ2) is 6.17. The van der Waals surface area contributed by atoms with Gasteiger partial charge in [0.05, 0.1) is 10.0 Å². The summed E-state index contributed by atoms with van der Waals surface area (Å²) in [4.78, 5) is 3.43. The number of nitrogens with two attached hydrogens (primary N) is 1. The summed E-state index contributed by atoms with van der Waals surface area (Å²) in [6, 6.07) is 4.22. The summed E-state index contributed by atoms with van der Waals surface area (Å²) in [6.45, 7) is -1.89. The molecule has 2 aromatic rings. The zero-order valence-electron chi connectivity index (χ0n) is 11.5. The van der Waals surface area contributed by atoms with Gasteiger partial charge in [0.2, 0.25) is 5.95 Å². The van der Waals surface area contributed by atoms with E-state index in [0.29, 0.717) is 0 Å². The summed E-state index contributed by atoms with van der Waals surface area (Å²) in [7, 11) is 0. The monoisotopic (exact) mass is 387 g/mol. The highest BCUT2D eigenvalue weighted by molar-refractivity contribution is 6.43. The van der Waals surface area contributed by atoms with Gasteiger partial charge in [-0.3, -0.25) is 5.41 Å². The minimum absolute atomic E-state index is 0.0470. The summed E-state index contributed by atoms with van der Waals surface area (Å²) in [5.41, 5.74) is 4.45. The highest BCUT2D eigenvalue weighted by atomic mass is 35.5. The quantitative estimate of drug-likeness (QED) is 0.790. The Hall–Kier alpha value is -1.94. The van der Waals surface area contributed by atoms with Crippen molar-refractivity contribution in [2.45, 2.75) is 18.6 Å². The number of aromatic nitrogens is 3. The van der Waals surface area contributed by atoms with Crippen LogP contribution in [0, 0.1) is 5.41 Å². The number of benzene rings is 1. The molecule has 0 aliphatic rings. The SMILES string of the molecule is N=c1nc(N)n(CC(F)(F)C(F)(F)F)nc1-c1cccc(Cl)c1Cl. The molecule has 0 saturated heterocycles. The third-order valence-corrected chi connectivity index (χ3v) is 3.72. The smallest absolute Gasteiger partial charge is 0.368 e. The Morgan fingerprint density at radius 3 is 2.38 bits per heavy atom. The van der Waals surface area contributed by atoms with Gasteiger partial charge in [0, 0.05) is 5.56 Å². The van der Waals surface area contributed by atoms with E-state index in [-0.39, 0.29) is 26.0 Å². The molecule has 0 saturated carbocycles. The lowest BCUT2D eigenvalue weighted by Gasteiger charge is -2.21. The van der Waals surface area contributed by atoms with Gasteiger partial charge >= 0.3 is 12.1 Å². The molecule has 1 aromatic heterocycles. The molecule has 0 bridgehead atoms. The molecule has 3 N–H and O–H groups in total. The predicted octanol–water partition coefficient (Wildman–Crippen LogP) is 3.51. The standard InChI is InChI=1S/C12H8Cl2F5N5/c13-6-3-1-2-5(7(6)14)8-9(20)22-10(21)24(23-8)4-11(15,16)12(17,18)19/h1-3H,4H2,(H3,20,21,22). The maximum Gasteiger partial charge on any atom is 0.455 e. The maximum absolute atomic E-state index is 13.2. The van der Waals surface area contributed by atoms with Crippen molar-refractivity contribution in [3.05, 3.63) is 33.7 Å². The van der Waals surface area contributed by atoms with Crippen LogP contribution in [-0.4, -0.2) is 26.9 Å². The Morgan fingerprint density at radius 1 is 1.17 bits per heavy atom. The number of halogens is 7. The van der Waals surface area contributed by atoms with E-state index in [1.807, 2.05) is 0 Å². The normalized spacial score (nSPS) is 12.5. The topological polar surface area (TPSA) is 80.6 Å². The van der Waals surface area contributed by atoms with Crippen molar-refractivity contribution in [2.75, 3.05) is 5.73 Å². The minimum atomic E-state index is -5.79. The zero-order valence-corrected chi connectivity index (χ0v) is 13.0. The third kappa shape index (κ3) is 3.44. The van der Waals surface area contributed by atoms with Crippen LogP contribution in [0.2, 0.25) is 10.0 Å². The van der Waals surface area contributed by atoms with Crippen LogP contribution in [0.25, 0.3) is 11.3 Å². The van der Waals surface area contributed by atoms with Crippen LogP contribution in [0.15, 0.2) is 18.2 Å². The van der Waals surface area contributed by atoms with Gasteiger partial charge in [0.1, 0.15) is 12.2 Å². The molecule has 0 aliphatic carbocycles. The van der Waals surface area contributed by atoms with E-state index < -0.39 is 30.1 Å². The zero-order chi connectivity index (χ0) is 18.3. The molecule has 0 radical (unpaired) electrons. The molecule has 0 spiro atoms. The minimum Gasteiger partial charge on any atom is -0.368 e. The molecule has 0 fully saturated rings. The summed E-state index contributed by atoms with van der Waals surface area (Å²) < 4.78 is 63.6. The van der Waals surface area contributed by atoms with Crippen molar-refractivity contribution in [2.24, 2.45) is 0 Å². The number of alkyl halides is 5. The van der Waals surface area contributed by atoms with Gasteiger partial charge in [0.25, 0.3) is 0 Å². The molecule has 0 atom stereocenters. The molecule has 2 rings (SSSR count). The molecule has 0 amide bonds. The van der Waals surface area contributed by atoms with E-state index in [9.17, 15) is 22.0 Å². The first-order chi connectivity index (χ1) is 10.9. The van der Waals surface area contributed by atoms with Crippen molar-refractivity contribution < 1.29 is 22.0 Å². The van der Waals surface area contributed by atoms with Crippen LogP contribution < -0.4 is 11.2 Å². The molecule has 1 heterocycles. The molecular formula is C12H8Cl2F5N5. The van der Waals surface area contributed by atoms with Crippen molar-refractivity contribution in [3.63, 3.8) is 0 Å². The summed E-state index contributed by atoms with van der Waals surface area (Å²) in [5.74, 6) is -5.86. The van der Waals surface area contributed by atoms with E-state index in [1.165, 1.54) is 18.2 Å². The van der Waals surface area contributed by atoms with Gasteiger partial charge in [-0.1, -0.05) is 35.3 Å². The number of nitrogens with zero attached hydrogens (tertiary/aromatic N) is 3. The lowest BCUT2D eigenvalue weighted by atomic mass is 10.1. The van der Waals surface area contributed by atoms with Gasteiger partial charge in [0.15, 0.2) is 5.49 Å². The fourth-order valence-electron chi connectivity index (χ4n) is 1.71. The average Bonchev–Trinajstić information content (AvgIpc) is 2.44. The van der Waals surface area contributed by atoms with Crippen LogP contribution in [0.4, 0.5) is 27.9 Å². The molecular weight excluding hydrogens is 380 g/mol. The Bertz CT molecular complexity index is 834. The van der Waals surface area contributed by atoms with E-state index >= 15 is 0 Å². The number of hydrogen-bond acceptors (Lipinski definition) is 4. The van der Waals surface area contributed by atoms with E-state index in [0.717, 1.165) is 0 Å². The number of rotatable bonds is 3. The average molecular weight is 388 g/mol. The van der Waals surface area contributed by atoms with Crippen molar-refractivity contribution in [3.8, 4) is 11.3 Å². The van der Waals surface area contributed by atoms with Crippen LogP contribution in [0.1, 0.15) is 0 Å². The highest BCUT2D eigenvalue weighted by Crippen LogP contribution is 2.37. The molecule has 0 unspecified atom stereocenters. The first-order valence-corrected chi connectivity index (χ1v) is 6.88. The Labute approximate surface area is 141 Å². The molecule has 12 heteroatoms. The summed E-state index contributed by atoms with van der Waals surface area (Å²) in [5, 5.41) is 11.3. The highest BCUT2D eigenvalue weighted by Gasteiger charge is 2.58. The third-order valence-electron chi connectivity index (χ3n) is 2.91. The van der Waals surface area contributed by atoms with Crippen LogP contribution in [-0.2, 0) is 6.54 Å². The lowest BCUT2D eigenvalue weighted by Crippen LogP contribution is -2.42. The Kier molecular flexibility index (Phi) is 4.73. The fraction of sp³-hybridized carbons (Fsp3) is 0.250. The molecule has 130 valence electrons. The van der Waals surface area contributed by atoms with Gasteiger partial charge in [-0.05, 0) is 6.07 Å². The summed E-state index contributed by atoms with van der Waals surface area (Å²) >= 11 is 11.8. The fourth-order valence-corrected chi connectivity index (χ4v) is 2.10. The van der Waals surface area contributed by atoms with Crippen LogP contribution >= 0.6 is 23.2 Å². The van der Waals surface area contributed by atoms with Gasteiger partial charge in [-0.2, -0.15) is 32.0 Å². The van der Waals surface area contributed by atoms with Crippen molar-refractivity contribution in [1.29, 1.82) is 5.41 Å². The van der Waals surface area contributed by atoms with Crippen LogP contribution in [0.3, 0.4) is 0 Å². The van der Waals surface area contributed by atoms with E-state index in [1.54, 1.807) is 0 Å². The Balaban J connectivity index is 2.58. The first-order valence-electron chi connectivity index (χ1n) is 6.12. The predicted molar refractivity (Wildman–Crippen MR) is 76.7 cm³/mol.